The van der Waals surface area contributed by atoms with Crippen LogP contribution in [0.1, 0.15) is 5.56 Å². The van der Waals surface area contributed by atoms with Crippen molar-refractivity contribution in [1.29, 1.82) is 0 Å². The first-order valence-corrected chi connectivity index (χ1v) is 8.43. The number of halogens is 2. The van der Waals surface area contributed by atoms with E-state index in [9.17, 15) is 0 Å². The maximum atomic E-state index is 6.02. The van der Waals surface area contributed by atoms with E-state index in [2.05, 4.69) is 33.4 Å². The second kappa shape index (κ2) is 6.28. The second-order valence-corrected chi connectivity index (χ2v) is 6.69. The molecule has 2 nitrogen and oxygen atoms in total. The summed E-state index contributed by atoms with van der Waals surface area (Å²) >= 11 is 11.1. The number of aromatic nitrogens is 1. The molecule has 1 heterocycles. The van der Waals surface area contributed by atoms with E-state index in [0.29, 0.717) is 11.6 Å². The van der Waals surface area contributed by atoms with Gasteiger partial charge in [-0.3, -0.25) is 0 Å². The molecule has 0 spiro atoms. The van der Waals surface area contributed by atoms with Gasteiger partial charge in [-0.25, -0.2) is 4.98 Å². The highest BCUT2D eigenvalue weighted by molar-refractivity contribution is 9.10. The smallest absolute Gasteiger partial charge is 0.124 e. The lowest BCUT2D eigenvalue weighted by molar-refractivity contribution is 1.07. The van der Waals surface area contributed by atoms with Crippen LogP contribution >= 0.6 is 38.9 Å². The Balaban J connectivity index is 1.93. The Morgan fingerprint density at radius 1 is 1.10 bits per heavy atom. The fourth-order valence-corrected chi connectivity index (χ4v) is 3.30. The standard InChI is InChI=1S/C16H12BrClN2S/c17-13-7-12(5-6-14(13)18)16-20-15(9-21-16)11-3-1-10(8-19)2-4-11/h1-7,9H,8,19H2. The van der Waals surface area contributed by atoms with Crippen molar-refractivity contribution >= 4 is 38.9 Å². The molecule has 0 atom stereocenters. The minimum atomic E-state index is 0.557. The van der Waals surface area contributed by atoms with Gasteiger partial charge in [0.2, 0.25) is 0 Å². The molecule has 21 heavy (non-hydrogen) atoms. The first-order chi connectivity index (χ1) is 10.2. The molecule has 0 amide bonds. The molecule has 0 saturated heterocycles. The summed E-state index contributed by atoms with van der Waals surface area (Å²) in [4.78, 5) is 4.70. The monoisotopic (exact) mass is 378 g/mol. The van der Waals surface area contributed by atoms with Crippen LogP contribution < -0.4 is 5.73 Å². The highest BCUT2D eigenvalue weighted by atomic mass is 79.9. The van der Waals surface area contributed by atoms with Gasteiger partial charge in [-0.05, 0) is 33.6 Å². The van der Waals surface area contributed by atoms with Gasteiger partial charge in [0.1, 0.15) is 5.01 Å². The molecule has 3 rings (SSSR count). The molecule has 0 fully saturated rings. The van der Waals surface area contributed by atoms with Crippen molar-refractivity contribution in [2.75, 3.05) is 0 Å². The average Bonchev–Trinajstić information content (AvgIpc) is 3.00. The Labute approximate surface area is 140 Å². The van der Waals surface area contributed by atoms with Crippen LogP contribution in [-0.4, -0.2) is 4.98 Å². The first kappa shape index (κ1) is 14.7. The fraction of sp³-hybridized carbons (Fsp3) is 0.0625. The van der Waals surface area contributed by atoms with Gasteiger partial charge in [0.15, 0.2) is 0 Å². The molecule has 3 aromatic rings. The largest absolute Gasteiger partial charge is 0.326 e. The summed E-state index contributed by atoms with van der Waals surface area (Å²) in [6.07, 6.45) is 0. The second-order valence-electron chi connectivity index (χ2n) is 4.57. The highest BCUT2D eigenvalue weighted by Crippen LogP contribution is 2.32. The number of benzene rings is 2. The zero-order valence-corrected chi connectivity index (χ0v) is 14.2. The van der Waals surface area contributed by atoms with Crippen molar-refractivity contribution in [3.8, 4) is 21.8 Å². The van der Waals surface area contributed by atoms with Crippen molar-refractivity contribution in [3.05, 3.63) is 62.9 Å². The summed E-state index contributed by atoms with van der Waals surface area (Å²) in [5, 5.41) is 3.74. The number of nitrogens with two attached hydrogens (primary N) is 1. The topological polar surface area (TPSA) is 38.9 Å². The number of nitrogens with zero attached hydrogens (tertiary/aromatic N) is 1. The van der Waals surface area contributed by atoms with Crippen molar-refractivity contribution < 1.29 is 0 Å². The van der Waals surface area contributed by atoms with Gasteiger partial charge in [0.25, 0.3) is 0 Å². The summed E-state index contributed by atoms with van der Waals surface area (Å²) in [6, 6.07) is 14.0. The predicted octanol–water partition coefficient (Wildman–Crippen LogP) is 5.35. The number of hydrogen-bond donors (Lipinski definition) is 1. The Kier molecular flexibility index (Phi) is 4.40. The average molecular weight is 380 g/mol. The minimum Gasteiger partial charge on any atom is -0.326 e. The molecule has 0 radical (unpaired) electrons. The molecular weight excluding hydrogens is 368 g/mol. The lowest BCUT2D eigenvalue weighted by Gasteiger charge is -2.00. The molecule has 0 aliphatic carbocycles. The number of rotatable bonds is 3. The van der Waals surface area contributed by atoms with E-state index in [-0.39, 0.29) is 0 Å². The number of thiazole rings is 1. The third kappa shape index (κ3) is 3.19. The molecule has 106 valence electrons. The van der Waals surface area contributed by atoms with Crippen LogP contribution in [0.2, 0.25) is 5.02 Å². The van der Waals surface area contributed by atoms with E-state index < -0.39 is 0 Å². The first-order valence-electron chi connectivity index (χ1n) is 6.37. The lowest BCUT2D eigenvalue weighted by Crippen LogP contribution is -1.95. The van der Waals surface area contributed by atoms with E-state index in [0.717, 1.165) is 31.9 Å². The van der Waals surface area contributed by atoms with Crippen LogP contribution in [0.25, 0.3) is 21.8 Å². The van der Waals surface area contributed by atoms with Crippen LogP contribution in [0.5, 0.6) is 0 Å². The van der Waals surface area contributed by atoms with Gasteiger partial charge in [-0.15, -0.1) is 11.3 Å². The third-order valence-corrected chi connectivity index (χ3v) is 5.26. The quantitative estimate of drug-likeness (QED) is 0.666. The van der Waals surface area contributed by atoms with Crippen molar-refractivity contribution in [1.82, 2.24) is 4.98 Å². The Hall–Kier alpha value is -1.20. The molecule has 0 aliphatic rings. The third-order valence-electron chi connectivity index (χ3n) is 3.16. The molecule has 2 aromatic carbocycles. The van der Waals surface area contributed by atoms with E-state index in [4.69, 9.17) is 22.3 Å². The lowest BCUT2D eigenvalue weighted by atomic mass is 10.1. The Bertz CT molecular complexity index is 768. The summed E-state index contributed by atoms with van der Waals surface area (Å²) < 4.78 is 0.880. The van der Waals surface area contributed by atoms with Gasteiger partial charge >= 0.3 is 0 Å². The van der Waals surface area contributed by atoms with E-state index in [1.165, 1.54) is 0 Å². The summed E-state index contributed by atoms with van der Waals surface area (Å²) in [7, 11) is 0. The van der Waals surface area contributed by atoms with Gasteiger partial charge in [0, 0.05) is 27.5 Å². The zero-order chi connectivity index (χ0) is 14.8. The number of hydrogen-bond acceptors (Lipinski definition) is 3. The maximum Gasteiger partial charge on any atom is 0.124 e. The van der Waals surface area contributed by atoms with Crippen LogP contribution in [0, 0.1) is 0 Å². The van der Waals surface area contributed by atoms with E-state index in [1.54, 1.807) is 11.3 Å². The Morgan fingerprint density at radius 2 is 1.81 bits per heavy atom. The summed E-state index contributed by atoms with van der Waals surface area (Å²) in [5.74, 6) is 0. The molecule has 1 aromatic heterocycles. The van der Waals surface area contributed by atoms with Gasteiger partial charge in [-0.1, -0.05) is 41.9 Å². The van der Waals surface area contributed by atoms with Crippen molar-refractivity contribution in [2.24, 2.45) is 5.73 Å². The van der Waals surface area contributed by atoms with Gasteiger partial charge in [-0.2, -0.15) is 0 Å². The van der Waals surface area contributed by atoms with Crippen molar-refractivity contribution in [2.45, 2.75) is 6.54 Å². The fourth-order valence-electron chi connectivity index (χ4n) is 1.98. The Morgan fingerprint density at radius 3 is 2.48 bits per heavy atom. The molecule has 0 unspecified atom stereocenters. The summed E-state index contributed by atoms with van der Waals surface area (Å²) in [5.41, 5.74) is 9.87. The zero-order valence-electron chi connectivity index (χ0n) is 11.0. The van der Waals surface area contributed by atoms with Crippen LogP contribution in [0.3, 0.4) is 0 Å². The van der Waals surface area contributed by atoms with Crippen LogP contribution in [0.4, 0.5) is 0 Å². The predicted molar refractivity (Wildman–Crippen MR) is 93.6 cm³/mol. The SMILES string of the molecule is NCc1ccc(-c2csc(-c3ccc(Cl)c(Br)c3)n2)cc1. The minimum absolute atomic E-state index is 0.557. The molecule has 2 N–H and O–H groups in total. The molecule has 5 heteroatoms. The van der Waals surface area contributed by atoms with E-state index >= 15 is 0 Å². The molecule has 0 bridgehead atoms. The molecule has 0 saturated carbocycles. The van der Waals surface area contributed by atoms with Gasteiger partial charge < -0.3 is 5.73 Å². The van der Waals surface area contributed by atoms with Crippen molar-refractivity contribution in [3.63, 3.8) is 0 Å². The highest BCUT2D eigenvalue weighted by Gasteiger charge is 2.08. The molecular formula is C16H12BrClN2S. The van der Waals surface area contributed by atoms with Crippen LogP contribution in [0.15, 0.2) is 52.3 Å². The molecule has 0 aliphatic heterocycles. The van der Waals surface area contributed by atoms with E-state index in [1.807, 2.05) is 30.3 Å². The van der Waals surface area contributed by atoms with Gasteiger partial charge in [0.05, 0.1) is 10.7 Å². The maximum absolute atomic E-state index is 6.02. The summed E-state index contributed by atoms with van der Waals surface area (Å²) in [6.45, 7) is 0.557. The van der Waals surface area contributed by atoms with Crippen LogP contribution in [-0.2, 0) is 6.54 Å². The normalized spacial score (nSPS) is 10.8.